The summed E-state index contributed by atoms with van der Waals surface area (Å²) < 4.78 is 27.8. The molecule has 38 nitrogen and oxygen atoms in total. The van der Waals surface area contributed by atoms with Gasteiger partial charge in [0.2, 0.25) is 17.7 Å². The van der Waals surface area contributed by atoms with Crippen molar-refractivity contribution in [3.8, 4) is 28.7 Å². The molecule has 11 heterocycles. The van der Waals surface area contributed by atoms with Gasteiger partial charge in [-0.1, -0.05) is 80.6 Å². The van der Waals surface area contributed by atoms with E-state index in [1.54, 1.807) is 129 Å². The number of amides is 8. The molecule has 0 saturated heterocycles. The van der Waals surface area contributed by atoms with Crippen molar-refractivity contribution in [1.82, 2.24) is 102 Å². The second-order valence-electron chi connectivity index (χ2n) is 32.1. The molecule has 8 amide bonds. The average molecular weight is 1960 g/mol. The minimum atomic E-state index is -1.19. The second-order valence-corrected chi connectivity index (χ2v) is 33.1. The maximum absolute atomic E-state index is 13.1. The zero-order chi connectivity index (χ0) is 102. The van der Waals surface area contributed by atoms with E-state index in [9.17, 15) is 48.6 Å². The van der Waals surface area contributed by atoms with Crippen LogP contribution in [0.2, 0.25) is 0 Å². The number of nitrogens with two attached hydrogens (primary N) is 3. The zero-order valence-electron chi connectivity index (χ0n) is 79.2. The Morgan fingerprint density at radius 3 is 0.896 bits per heavy atom. The van der Waals surface area contributed by atoms with E-state index in [4.69, 9.17) is 40.9 Å². The molecule has 17 rings (SSSR count). The van der Waals surface area contributed by atoms with Gasteiger partial charge in [-0.25, -0.2) is 0 Å². The maximum atomic E-state index is 13.1. The number of carbonyl (C=O) groups excluding carboxylic acids is 8. The number of ether oxygens (including phenoxy) is 5. The number of primary amides is 3. The fourth-order valence-corrected chi connectivity index (χ4v) is 15.4. The molecule has 18 N–H and O–H groups in total. The summed E-state index contributed by atoms with van der Waals surface area (Å²) in [4.78, 5) is 119. The van der Waals surface area contributed by atoms with Crippen LogP contribution < -0.4 is 67.5 Å². The SMILES string of the molecule is COc1c(C(=O)NC(C)C(N)=O)ccc2n[nH]c(/C=C/c3ccncc3)c12.COc1c(C(=O)NC(CO)C(C)C)ccc2n[nH]c(/C=C/c3ccncc3)c12.COc1c(C(=O)NC(CO)C(N)=O)ccc2n[nH]c(/C=C/c3ccncc3)c12.COc1c(C(=O)NC(Cc2ccccc2)C(N)=O)ccc2n[nH]c(/C=C/c3ccncc3)c12.COc1c(C(=O)NCc2cccs2)ccc2n[nH]c(/C=C/c3ccncc3)c12. The molecule has 0 aliphatic rings. The molecule has 39 heteroatoms. The van der Waals surface area contributed by atoms with E-state index < -0.39 is 60.2 Å². The van der Waals surface area contributed by atoms with E-state index in [1.165, 1.54) is 41.4 Å². The number of fused-ring (bicyclic) bond motifs is 5. The second kappa shape index (κ2) is 50.2. The van der Waals surface area contributed by atoms with Gasteiger partial charge in [0.15, 0.2) is 0 Å². The molecule has 144 heavy (non-hydrogen) atoms. The molecule has 17 aromatic rings. The van der Waals surface area contributed by atoms with Gasteiger partial charge < -0.3 is 77.7 Å². The highest BCUT2D eigenvalue weighted by Crippen LogP contribution is 2.39. The van der Waals surface area contributed by atoms with Crippen LogP contribution in [0.1, 0.15) is 139 Å². The molecule has 0 spiro atoms. The van der Waals surface area contributed by atoms with Crippen LogP contribution in [0.5, 0.6) is 28.7 Å². The van der Waals surface area contributed by atoms with Crippen molar-refractivity contribution < 1.29 is 72.3 Å². The van der Waals surface area contributed by atoms with Crippen molar-refractivity contribution in [3.63, 3.8) is 0 Å². The molecule has 11 aromatic heterocycles. The standard InChI is InChI=1S/C25H23N5O3.C21H24N4O3.C21H18N4O2S.C19H19N5O4.C19H19N5O3/c1-33-23-18(25(32)28-21(24(26)31)15-17-5-3-2-4-6-17)8-10-20-22(23)19(29-30-20)9-7-16-11-13-27-14-12-16;1-13(2)18(12-26)23-21(27)15-5-7-17-19(20(15)28-3)16(24-25-17)6-4-14-8-10-22-11-9-14;1-27-20-16(21(26)23-13-15-3-2-12-28-15)5-7-18-19(20)17(24-25-18)6-4-14-8-10-22-11-9-14;1-28-17-12(19(27)22-15(10-25)18(20)26)3-5-14-16(17)13(23-24-14)4-2-11-6-8-21-9-7-11;1-11(18(20)25)22-19(26)13-4-6-15-16(17(13)27-2)14(23-24-15)5-3-12-7-9-21-10-8-12/h2-14,21H,15H2,1H3,(H2,26,31)(H,28,32)(H,29,30);4-11,13,18,26H,12H2,1-3H3,(H,23,27)(H,24,25);2-12H,13H2,1H3,(H,23,26)(H,24,25);2-9,15,25H,10H2,1H3,(H2,20,26)(H,22,27)(H,23,24);3-11H,1-2H3,(H2,20,25)(H,22,26)(H,23,24)/b9-7+;2*6-4+;4-2+;5-3+. The number of hydrogen-bond acceptors (Lipinski definition) is 26. The Morgan fingerprint density at radius 1 is 0.340 bits per heavy atom. The summed E-state index contributed by atoms with van der Waals surface area (Å²) in [5.74, 6) is -1.98. The number of methoxy groups -OCH3 is 5. The highest BCUT2D eigenvalue weighted by atomic mass is 32.1. The summed E-state index contributed by atoms with van der Waals surface area (Å²) in [6.07, 6.45) is 36.3. The monoisotopic (exact) mass is 1960 g/mol. The van der Waals surface area contributed by atoms with Crippen LogP contribution >= 0.6 is 11.3 Å². The van der Waals surface area contributed by atoms with Crippen LogP contribution in [0.25, 0.3) is 115 Å². The minimum Gasteiger partial charge on any atom is -0.495 e. The Hall–Kier alpha value is -18.5. The number of pyridine rings is 5. The molecule has 0 saturated carbocycles. The van der Waals surface area contributed by atoms with Crippen molar-refractivity contribution in [3.05, 3.63) is 326 Å². The first-order chi connectivity index (χ1) is 69.9. The van der Waals surface area contributed by atoms with Crippen molar-refractivity contribution in [2.24, 2.45) is 23.1 Å². The molecule has 4 atom stereocenters. The van der Waals surface area contributed by atoms with E-state index >= 15 is 0 Å². The fraction of sp³-hybridized carbons (Fsp3) is 0.162. The molecule has 0 radical (unpaired) electrons. The Labute approximate surface area is 828 Å². The summed E-state index contributed by atoms with van der Waals surface area (Å²) in [5.41, 5.74) is 30.2. The van der Waals surface area contributed by atoms with Crippen molar-refractivity contribution in [2.75, 3.05) is 48.8 Å². The van der Waals surface area contributed by atoms with Gasteiger partial charge >= 0.3 is 0 Å². The van der Waals surface area contributed by atoms with E-state index in [1.807, 2.05) is 189 Å². The Kier molecular flexibility index (Phi) is 35.9. The van der Waals surface area contributed by atoms with Gasteiger partial charge in [0.25, 0.3) is 29.5 Å². The number of benzene rings is 6. The van der Waals surface area contributed by atoms with Crippen LogP contribution in [0.3, 0.4) is 0 Å². The molecular formula is C105H103N23O15S. The first-order valence-electron chi connectivity index (χ1n) is 44.8. The van der Waals surface area contributed by atoms with Crippen molar-refractivity contribution in [2.45, 2.75) is 57.9 Å². The smallest absolute Gasteiger partial charge is 0.255 e. The predicted octanol–water partition coefficient (Wildman–Crippen LogP) is 12.4. The van der Waals surface area contributed by atoms with Crippen LogP contribution in [-0.4, -0.2) is 206 Å². The summed E-state index contributed by atoms with van der Waals surface area (Å²) in [6, 6.07) is 45.8. The number of aliphatic hydroxyl groups is 2. The lowest BCUT2D eigenvalue weighted by Gasteiger charge is -2.20. The summed E-state index contributed by atoms with van der Waals surface area (Å²) >= 11 is 1.61. The highest BCUT2D eigenvalue weighted by molar-refractivity contribution is 7.09. The van der Waals surface area contributed by atoms with E-state index in [-0.39, 0.29) is 53.5 Å². The summed E-state index contributed by atoms with van der Waals surface area (Å²) in [7, 11) is 7.50. The largest absolute Gasteiger partial charge is 0.495 e. The Morgan fingerprint density at radius 2 is 0.632 bits per heavy atom. The third-order valence-electron chi connectivity index (χ3n) is 22.4. The van der Waals surface area contributed by atoms with Crippen LogP contribution in [0.15, 0.2) is 231 Å². The van der Waals surface area contributed by atoms with Gasteiger partial charge in [-0.3, -0.25) is 88.8 Å². The topological polar surface area (TPSA) is 569 Å². The molecule has 0 aliphatic carbocycles. The number of thiophene rings is 1. The maximum Gasteiger partial charge on any atom is 0.255 e. The lowest BCUT2D eigenvalue weighted by molar-refractivity contribution is -0.121. The average Bonchev–Trinajstić information content (AvgIpc) is 1.67. The van der Waals surface area contributed by atoms with Gasteiger partial charge in [0.05, 0.1) is 172 Å². The highest BCUT2D eigenvalue weighted by Gasteiger charge is 2.29. The Bertz CT molecular complexity index is 7480. The minimum absolute atomic E-state index is 0.108. The molecule has 4 unspecified atom stereocenters. The van der Waals surface area contributed by atoms with E-state index in [0.29, 0.717) is 102 Å². The van der Waals surface area contributed by atoms with Crippen LogP contribution in [0.4, 0.5) is 0 Å². The summed E-state index contributed by atoms with van der Waals surface area (Å²) in [5, 5.41) is 73.9. The lowest BCUT2D eigenvalue weighted by Crippen LogP contribution is -2.46. The molecule has 6 aromatic carbocycles. The molecule has 0 aliphatic heterocycles. The first-order valence-corrected chi connectivity index (χ1v) is 45.6. The summed E-state index contributed by atoms with van der Waals surface area (Å²) in [6.45, 7) is 5.17. The van der Waals surface area contributed by atoms with Gasteiger partial charge in [0, 0.05) is 73.3 Å². The number of hydrogen-bond donors (Lipinski definition) is 15. The van der Waals surface area contributed by atoms with Crippen molar-refractivity contribution >= 4 is 174 Å². The Balaban J connectivity index is 0.000000151. The van der Waals surface area contributed by atoms with Gasteiger partial charge in [0.1, 0.15) is 46.9 Å². The number of H-pyrrole nitrogens is 5. The molecular weight excluding hydrogens is 1860 g/mol. The normalized spacial score (nSPS) is 12.0. The number of aromatic amines is 5. The number of aromatic nitrogens is 15. The quantitative estimate of drug-likeness (QED) is 0.0178. The fourth-order valence-electron chi connectivity index (χ4n) is 14.8. The van der Waals surface area contributed by atoms with Crippen molar-refractivity contribution in [1.29, 1.82) is 0 Å². The third-order valence-corrected chi connectivity index (χ3v) is 23.2. The predicted molar refractivity (Wildman–Crippen MR) is 552 cm³/mol. The molecule has 0 fully saturated rings. The number of carbonyl (C=O) groups is 8. The number of nitrogens with one attached hydrogen (secondary N) is 10. The number of rotatable bonds is 34. The first kappa shape index (κ1) is 103. The molecule has 0 bridgehead atoms. The zero-order valence-corrected chi connectivity index (χ0v) is 80.1. The van der Waals surface area contributed by atoms with Crippen LogP contribution in [0, 0.1) is 5.92 Å². The van der Waals surface area contributed by atoms with E-state index in [0.717, 1.165) is 65.9 Å². The number of nitrogens with zero attached hydrogens (tertiary/aromatic N) is 10. The van der Waals surface area contributed by atoms with Gasteiger partial charge in [-0.2, -0.15) is 25.5 Å². The number of aliphatic hydroxyl groups excluding tert-OH is 2. The van der Waals surface area contributed by atoms with Crippen LogP contribution in [-0.2, 0) is 27.3 Å². The van der Waals surface area contributed by atoms with Gasteiger partial charge in [-0.15, -0.1) is 11.3 Å². The third kappa shape index (κ3) is 26.1. The lowest BCUT2D eigenvalue weighted by atomic mass is 10.0. The van der Waals surface area contributed by atoms with E-state index in [2.05, 4.69) is 102 Å². The van der Waals surface area contributed by atoms with Gasteiger partial charge in [-0.05, 0) is 209 Å². The molecule has 734 valence electrons.